The van der Waals surface area contributed by atoms with Gasteiger partial charge in [-0.25, -0.2) is 0 Å². The van der Waals surface area contributed by atoms with Crippen LogP contribution in [0.15, 0.2) is 30.5 Å². The van der Waals surface area contributed by atoms with E-state index in [0.717, 1.165) is 29.8 Å². The van der Waals surface area contributed by atoms with Crippen molar-refractivity contribution in [3.05, 3.63) is 47.3 Å². The zero-order valence-electron chi connectivity index (χ0n) is 11.6. The summed E-state index contributed by atoms with van der Waals surface area (Å²) in [4.78, 5) is 12.2. The Morgan fingerprint density at radius 3 is 2.58 bits per heavy atom. The van der Waals surface area contributed by atoms with Gasteiger partial charge in [-0.15, -0.1) is 0 Å². The number of carbonyl (C=O) groups is 1. The van der Waals surface area contributed by atoms with Crippen molar-refractivity contribution < 1.29 is 4.79 Å². The van der Waals surface area contributed by atoms with E-state index in [9.17, 15) is 4.79 Å². The fraction of sp³-hybridized carbons (Fsp3) is 0.333. The minimum absolute atomic E-state index is 0.115. The predicted octanol–water partition coefficient (Wildman–Crippen LogP) is 3.16. The molecule has 0 aliphatic rings. The summed E-state index contributed by atoms with van der Waals surface area (Å²) in [5, 5.41) is 7.08. The van der Waals surface area contributed by atoms with Gasteiger partial charge >= 0.3 is 0 Å². The molecule has 0 bridgehead atoms. The lowest BCUT2D eigenvalue weighted by molar-refractivity contribution is 0.101. The molecule has 0 fully saturated rings. The van der Waals surface area contributed by atoms with Crippen molar-refractivity contribution >= 4 is 11.6 Å². The molecule has 4 heteroatoms. The molecule has 1 heterocycles. The van der Waals surface area contributed by atoms with Gasteiger partial charge in [-0.05, 0) is 49.6 Å². The molecule has 0 radical (unpaired) electrons. The molecular weight excluding hydrogens is 238 g/mol. The van der Waals surface area contributed by atoms with Gasteiger partial charge in [0.1, 0.15) is 5.69 Å². The van der Waals surface area contributed by atoms with Crippen LogP contribution in [0.25, 0.3) is 0 Å². The monoisotopic (exact) mass is 257 g/mol. The Balaban J connectivity index is 2.18. The number of aromatic nitrogens is 2. The highest BCUT2D eigenvalue weighted by molar-refractivity contribution is 6.03. The topological polar surface area (TPSA) is 46.9 Å². The smallest absolute Gasteiger partial charge is 0.273 e. The number of anilines is 1. The van der Waals surface area contributed by atoms with Crippen LogP contribution in [0.3, 0.4) is 0 Å². The molecule has 4 nitrogen and oxygen atoms in total. The molecule has 2 rings (SSSR count). The van der Waals surface area contributed by atoms with Gasteiger partial charge in [0.25, 0.3) is 5.91 Å². The summed E-state index contributed by atoms with van der Waals surface area (Å²) >= 11 is 0. The van der Waals surface area contributed by atoms with Gasteiger partial charge in [-0.3, -0.25) is 9.48 Å². The molecule has 100 valence electrons. The Labute approximate surface area is 113 Å². The van der Waals surface area contributed by atoms with Crippen molar-refractivity contribution in [2.75, 3.05) is 5.32 Å². The summed E-state index contributed by atoms with van der Waals surface area (Å²) in [6, 6.07) is 7.75. The van der Waals surface area contributed by atoms with Crippen molar-refractivity contribution in [1.29, 1.82) is 0 Å². The Morgan fingerprint density at radius 1 is 1.26 bits per heavy atom. The molecule has 0 saturated carbocycles. The lowest BCUT2D eigenvalue weighted by Crippen LogP contribution is -2.18. The third-order valence-electron chi connectivity index (χ3n) is 2.86. The Hall–Kier alpha value is -2.10. The zero-order valence-corrected chi connectivity index (χ0v) is 11.6. The second-order valence-electron chi connectivity index (χ2n) is 4.77. The Morgan fingerprint density at radius 2 is 1.95 bits per heavy atom. The number of aryl methyl sites for hydroxylation is 3. The maximum Gasteiger partial charge on any atom is 0.273 e. The lowest BCUT2D eigenvalue weighted by Gasteiger charge is -2.09. The SMILES string of the molecule is CCCn1nccc1C(=O)Nc1cc(C)cc(C)c1. The van der Waals surface area contributed by atoms with E-state index >= 15 is 0 Å². The quantitative estimate of drug-likeness (QED) is 0.914. The predicted molar refractivity (Wildman–Crippen MR) is 76.4 cm³/mol. The van der Waals surface area contributed by atoms with E-state index in [2.05, 4.69) is 23.4 Å². The minimum atomic E-state index is -0.115. The maximum atomic E-state index is 12.2. The van der Waals surface area contributed by atoms with Crippen LogP contribution in [0.4, 0.5) is 5.69 Å². The van der Waals surface area contributed by atoms with Gasteiger partial charge < -0.3 is 5.32 Å². The molecule has 0 unspecified atom stereocenters. The number of nitrogens with one attached hydrogen (secondary N) is 1. The summed E-state index contributed by atoms with van der Waals surface area (Å²) in [5.74, 6) is -0.115. The first-order chi connectivity index (χ1) is 9.10. The van der Waals surface area contributed by atoms with Crippen LogP contribution >= 0.6 is 0 Å². The molecule has 0 aliphatic carbocycles. The largest absolute Gasteiger partial charge is 0.321 e. The van der Waals surface area contributed by atoms with Crippen molar-refractivity contribution in [1.82, 2.24) is 9.78 Å². The summed E-state index contributed by atoms with van der Waals surface area (Å²) in [6.07, 6.45) is 2.61. The molecule has 1 aromatic heterocycles. The summed E-state index contributed by atoms with van der Waals surface area (Å²) in [5.41, 5.74) is 3.70. The summed E-state index contributed by atoms with van der Waals surface area (Å²) < 4.78 is 1.73. The molecule has 1 N–H and O–H groups in total. The molecule has 19 heavy (non-hydrogen) atoms. The van der Waals surface area contributed by atoms with E-state index in [-0.39, 0.29) is 5.91 Å². The zero-order chi connectivity index (χ0) is 13.8. The van der Waals surface area contributed by atoms with Crippen LogP contribution < -0.4 is 5.32 Å². The molecule has 2 aromatic rings. The van der Waals surface area contributed by atoms with Crippen LogP contribution in [0, 0.1) is 13.8 Å². The van der Waals surface area contributed by atoms with E-state index in [1.807, 2.05) is 26.0 Å². The van der Waals surface area contributed by atoms with Gasteiger partial charge in [0.2, 0.25) is 0 Å². The van der Waals surface area contributed by atoms with Crippen molar-refractivity contribution in [2.45, 2.75) is 33.7 Å². The van der Waals surface area contributed by atoms with Gasteiger partial charge in [-0.1, -0.05) is 13.0 Å². The number of benzene rings is 1. The third-order valence-corrected chi connectivity index (χ3v) is 2.86. The molecule has 1 amide bonds. The van der Waals surface area contributed by atoms with E-state index in [1.54, 1.807) is 16.9 Å². The van der Waals surface area contributed by atoms with Crippen LogP contribution in [-0.4, -0.2) is 15.7 Å². The van der Waals surface area contributed by atoms with Gasteiger partial charge in [0.05, 0.1) is 0 Å². The van der Waals surface area contributed by atoms with Gasteiger partial charge in [-0.2, -0.15) is 5.10 Å². The highest BCUT2D eigenvalue weighted by Gasteiger charge is 2.11. The second kappa shape index (κ2) is 5.69. The molecule has 0 atom stereocenters. The fourth-order valence-corrected chi connectivity index (χ4v) is 2.16. The van der Waals surface area contributed by atoms with Crippen molar-refractivity contribution in [3.63, 3.8) is 0 Å². The maximum absolute atomic E-state index is 12.2. The van der Waals surface area contributed by atoms with Crippen molar-refractivity contribution in [2.24, 2.45) is 0 Å². The average molecular weight is 257 g/mol. The van der Waals surface area contributed by atoms with Crippen LogP contribution in [-0.2, 0) is 6.54 Å². The van der Waals surface area contributed by atoms with Gasteiger partial charge in [0.15, 0.2) is 0 Å². The van der Waals surface area contributed by atoms with E-state index in [0.29, 0.717) is 5.69 Å². The normalized spacial score (nSPS) is 10.5. The molecule has 1 aromatic carbocycles. The number of carbonyl (C=O) groups excluding carboxylic acids is 1. The fourth-order valence-electron chi connectivity index (χ4n) is 2.16. The van der Waals surface area contributed by atoms with Crippen molar-refractivity contribution in [3.8, 4) is 0 Å². The molecule has 0 spiro atoms. The summed E-state index contributed by atoms with van der Waals surface area (Å²) in [7, 11) is 0. The lowest BCUT2D eigenvalue weighted by atomic mass is 10.1. The standard InChI is InChI=1S/C15H19N3O/c1-4-7-18-14(5-6-16-18)15(19)17-13-9-11(2)8-12(3)10-13/h5-6,8-10H,4,7H2,1-3H3,(H,17,19). The highest BCUT2D eigenvalue weighted by atomic mass is 16.2. The van der Waals surface area contributed by atoms with E-state index in [1.165, 1.54) is 0 Å². The van der Waals surface area contributed by atoms with Crippen LogP contribution in [0.5, 0.6) is 0 Å². The second-order valence-corrected chi connectivity index (χ2v) is 4.77. The average Bonchev–Trinajstić information content (AvgIpc) is 2.76. The minimum Gasteiger partial charge on any atom is -0.321 e. The summed E-state index contributed by atoms with van der Waals surface area (Å²) in [6.45, 7) is 6.85. The molecule has 0 saturated heterocycles. The van der Waals surface area contributed by atoms with E-state index < -0.39 is 0 Å². The number of rotatable bonds is 4. The molecular formula is C15H19N3O. The number of hydrogen-bond acceptors (Lipinski definition) is 2. The first kappa shape index (κ1) is 13.3. The first-order valence-corrected chi connectivity index (χ1v) is 6.51. The van der Waals surface area contributed by atoms with Crippen LogP contribution in [0.2, 0.25) is 0 Å². The van der Waals surface area contributed by atoms with Crippen LogP contribution in [0.1, 0.15) is 35.0 Å². The van der Waals surface area contributed by atoms with E-state index in [4.69, 9.17) is 0 Å². The number of nitrogens with zero attached hydrogens (tertiary/aromatic N) is 2. The highest BCUT2D eigenvalue weighted by Crippen LogP contribution is 2.15. The number of hydrogen-bond donors (Lipinski definition) is 1. The third kappa shape index (κ3) is 3.22. The Bertz CT molecular complexity index is 567. The number of amides is 1. The Kier molecular flexibility index (Phi) is 4.00. The van der Waals surface area contributed by atoms with Gasteiger partial charge in [0, 0.05) is 18.4 Å². The molecule has 0 aliphatic heterocycles. The first-order valence-electron chi connectivity index (χ1n) is 6.51.